The van der Waals surface area contributed by atoms with E-state index in [1.807, 2.05) is 24.3 Å². The SMILES string of the molecule is CCCCOc1ccccc1[C@@H]1CC(=O)Nc2cc(OC)c(OC)c(OC)c21. The third-order valence-electron chi connectivity index (χ3n) is 4.93. The summed E-state index contributed by atoms with van der Waals surface area (Å²) in [6, 6.07) is 9.64. The number of methoxy groups -OCH3 is 3. The Morgan fingerprint density at radius 3 is 2.46 bits per heavy atom. The van der Waals surface area contributed by atoms with Crippen LogP contribution in [0.5, 0.6) is 23.0 Å². The fourth-order valence-corrected chi connectivity index (χ4v) is 3.61. The number of ether oxygens (including phenoxy) is 4. The Labute approximate surface area is 165 Å². The number of para-hydroxylation sites is 1. The van der Waals surface area contributed by atoms with Crippen LogP contribution in [-0.4, -0.2) is 33.8 Å². The van der Waals surface area contributed by atoms with Crippen LogP contribution in [-0.2, 0) is 4.79 Å². The van der Waals surface area contributed by atoms with Gasteiger partial charge in [-0.05, 0) is 12.5 Å². The van der Waals surface area contributed by atoms with E-state index in [0.717, 1.165) is 29.7 Å². The summed E-state index contributed by atoms with van der Waals surface area (Å²) in [5.41, 5.74) is 2.49. The van der Waals surface area contributed by atoms with E-state index in [1.165, 1.54) is 0 Å². The van der Waals surface area contributed by atoms with Crippen molar-refractivity contribution in [1.29, 1.82) is 0 Å². The first-order chi connectivity index (χ1) is 13.6. The van der Waals surface area contributed by atoms with Gasteiger partial charge in [-0.3, -0.25) is 4.79 Å². The summed E-state index contributed by atoms with van der Waals surface area (Å²) in [5.74, 6) is 2.09. The van der Waals surface area contributed by atoms with Gasteiger partial charge in [0.15, 0.2) is 11.5 Å². The van der Waals surface area contributed by atoms with Crippen molar-refractivity contribution in [1.82, 2.24) is 0 Å². The second-order valence-corrected chi connectivity index (χ2v) is 6.65. The number of carbonyl (C=O) groups excluding carboxylic acids is 1. The molecule has 3 rings (SSSR count). The zero-order valence-corrected chi connectivity index (χ0v) is 16.8. The lowest BCUT2D eigenvalue weighted by atomic mass is 9.83. The van der Waals surface area contributed by atoms with Crippen LogP contribution >= 0.6 is 0 Å². The van der Waals surface area contributed by atoms with Crippen molar-refractivity contribution in [3.05, 3.63) is 41.5 Å². The fraction of sp³-hybridized carbons (Fsp3) is 0.409. The third-order valence-corrected chi connectivity index (χ3v) is 4.93. The van der Waals surface area contributed by atoms with E-state index in [4.69, 9.17) is 18.9 Å². The van der Waals surface area contributed by atoms with E-state index < -0.39 is 0 Å². The Kier molecular flexibility index (Phi) is 6.29. The number of amides is 1. The van der Waals surface area contributed by atoms with E-state index in [2.05, 4.69) is 12.2 Å². The highest BCUT2D eigenvalue weighted by atomic mass is 16.5. The Hall–Kier alpha value is -2.89. The molecule has 1 atom stereocenters. The van der Waals surface area contributed by atoms with Gasteiger partial charge in [0, 0.05) is 29.5 Å². The van der Waals surface area contributed by atoms with E-state index in [-0.39, 0.29) is 11.8 Å². The van der Waals surface area contributed by atoms with Gasteiger partial charge in [-0.2, -0.15) is 0 Å². The minimum absolute atomic E-state index is 0.0601. The topological polar surface area (TPSA) is 66.0 Å². The highest BCUT2D eigenvalue weighted by Crippen LogP contribution is 2.52. The third kappa shape index (κ3) is 3.72. The minimum Gasteiger partial charge on any atom is -0.493 e. The number of hydrogen-bond donors (Lipinski definition) is 1. The first kappa shape index (κ1) is 19.9. The molecule has 6 nitrogen and oxygen atoms in total. The zero-order valence-electron chi connectivity index (χ0n) is 16.8. The van der Waals surface area contributed by atoms with Gasteiger partial charge in [0.2, 0.25) is 11.7 Å². The van der Waals surface area contributed by atoms with Gasteiger partial charge in [-0.15, -0.1) is 0 Å². The Bertz CT molecular complexity index is 849. The number of unbranched alkanes of at least 4 members (excludes halogenated alkanes) is 1. The van der Waals surface area contributed by atoms with Crippen LogP contribution < -0.4 is 24.3 Å². The number of carbonyl (C=O) groups is 1. The number of nitrogens with one attached hydrogen (secondary N) is 1. The van der Waals surface area contributed by atoms with Crippen molar-refractivity contribution < 1.29 is 23.7 Å². The predicted octanol–water partition coefficient (Wildman–Crippen LogP) is 4.37. The molecule has 0 saturated carbocycles. The van der Waals surface area contributed by atoms with Gasteiger partial charge in [-0.1, -0.05) is 31.5 Å². The second kappa shape index (κ2) is 8.87. The van der Waals surface area contributed by atoms with Crippen LogP contribution in [0.25, 0.3) is 0 Å². The van der Waals surface area contributed by atoms with Crippen LogP contribution in [0.4, 0.5) is 5.69 Å². The van der Waals surface area contributed by atoms with Gasteiger partial charge in [0.1, 0.15) is 5.75 Å². The van der Waals surface area contributed by atoms with Crippen LogP contribution in [0, 0.1) is 0 Å². The standard InChI is InChI=1S/C22H27NO5/c1-5-6-11-28-17-10-8-7-9-14(17)15-12-19(24)23-16-13-18(25-2)21(26-3)22(27-4)20(15)16/h7-10,13,15H,5-6,11-12H2,1-4H3,(H,23,24)/t15-/m0/s1. The lowest BCUT2D eigenvalue weighted by Crippen LogP contribution is -2.25. The largest absolute Gasteiger partial charge is 0.493 e. The van der Waals surface area contributed by atoms with E-state index in [1.54, 1.807) is 27.4 Å². The highest BCUT2D eigenvalue weighted by Gasteiger charge is 2.34. The lowest BCUT2D eigenvalue weighted by molar-refractivity contribution is -0.116. The zero-order chi connectivity index (χ0) is 20.1. The van der Waals surface area contributed by atoms with Crippen molar-refractivity contribution in [2.45, 2.75) is 32.1 Å². The number of anilines is 1. The first-order valence-corrected chi connectivity index (χ1v) is 9.49. The molecule has 0 aliphatic carbocycles. The molecule has 0 spiro atoms. The fourth-order valence-electron chi connectivity index (χ4n) is 3.61. The van der Waals surface area contributed by atoms with Crippen molar-refractivity contribution in [3.8, 4) is 23.0 Å². The first-order valence-electron chi connectivity index (χ1n) is 9.49. The summed E-state index contributed by atoms with van der Waals surface area (Å²) in [6.07, 6.45) is 2.33. The van der Waals surface area contributed by atoms with Gasteiger partial charge in [0.25, 0.3) is 0 Å². The lowest BCUT2D eigenvalue weighted by Gasteiger charge is -2.30. The summed E-state index contributed by atoms with van der Waals surface area (Å²) in [4.78, 5) is 12.5. The predicted molar refractivity (Wildman–Crippen MR) is 108 cm³/mol. The van der Waals surface area contributed by atoms with Crippen molar-refractivity contribution in [2.75, 3.05) is 33.3 Å². The van der Waals surface area contributed by atoms with Gasteiger partial charge in [-0.25, -0.2) is 0 Å². The molecular weight excluding hydrogens is 358 g/mol. The molecule has 28 heavy (non-hydrogen) atoms. The summed E-state index contributed by atoms with van der Waals surface area (Å²) in [6.45, 7) is 2.77. The number of fused-ring (bicyclic) bond motifs is 1. The second-order valence-electron chi connectivity index (χ2n) is 6.65. The highest BCUT2D eigenvalue weighted by molar-refractivity contribution is 5.97. The van der Waals surface area contributed by atoms with Gasteiger partial charge >= 0.3 is 0 Å². The number of benzene rings is 2. The molecule has 1 N–H and O–H groups in total. The Morgan fingerprint density at radius 1 is 1.04 bits per heavy atom. The summed E-state index contributed by atoms with van der Waals surface area (Å²) < 4.78 is 22.7. The quantitative estimate of drug-likeness (QED) is 0.684. The summed E-state index contributed by atoms with van der Waals surface area (Å²) in [7, 11) is 4.72. The average Bonchev–Trinajstić information content (AvgIpc) is 2.72. The Morgan fingerprint density at radius 2 is 1.79 bits per heavy atom. The van der Waals surface area contributed by atoms with E-state index in [0.29, 0.717) is 36.0 Å². The molecule has 1 aliphatic heterocycles. The van der Waals surface area contributed by atoms with Crippen molar-refractivity contribution in [2.24, 2.45) is 0 Å². The number of hydrogen-bond acceptors (Lipinski definition) is 5. The average molecular weight is 385 g/mol. The molecule has 150 valence electrons. The molecule has 2 aromatic rings. The molecule has 1 amide bonds. The smallest absolute Gasteiger partial charge is 0.225 e. The van der Waals surface area contributed by atoms with Gasteiger partial charge < -0.3 is 24.3 Å². The van der Waals surface area contributed by atoms with Crippen LogP contribution in [0.1, 0.15) is 43.2 Å². The van der Waals surface area contributed by atoms with E-state index >= 15 is 0 Å². The van der Waals surface area contributed by atoms with Gasteiger partial charge in [0.05, 0.1) is 33.6 Å². The maximum Gasteiger partial charge on any atom is 0.225 e. The summed E-state index contributed by atoms with van der Waals surface area (Å²) >= 11 is 0. The van der Waals surface area contributed by atoms with Crippen molar-refractivity contribution >= 4 is 11.6 Å². The molecule has 0 bridgehead atoms. The molecule has 0 saturated heterocycles. The van der Waals surface area contributed by atoms with Crippen LogP contribution in [0.3, 0.4) is 0 Å². The van der Waals surface area contributed by atoms with Crippen LogP contribution in [0.15, 0.2) is 30.3 Å². The molecular formula is C22H27NO5. The minimum atomic E-state index is -0.212. The molecule has 1 heterocycles. The molecule has 1 aliphatic rings. The molecule has 6 heteroatoms. The maximum absolute atomic E-state index is 12.5. The van der Waals surface area contributed by atoms with Crippen molar-refractivity contribution in [3.63, 3.8) is 0 Å². The molecule has 0 radical (unpaired) electrons. The normalized spacial score (nSPS) is 15.4. The Balaban J connectivity index is 2.15. The van der Waals surface area contributed by atoms with E-state index in [9.17, 15) is 4.79 Å². The molecule has 2 aromatic carbocycles. The van der Waals surface area contributed by atoms with Crippen LogP contribution in [0.2, 0.25) is 0 Å². The molecule has 0 fully saturated rings. The maximum atomic E-state index is 12.5. The monoisotopic (exact) mass is 385 g/mol. The molecule has 0 unspecified atom stereocenters. The molecule has 0 aromatic heterocycles. The number of rotatable bonds is 8. The summed E-state index contributed by atoms with van der Waals surface area (Å²) in [5, 5.41) is 2.94.